The minimum atomic E-state index is 0.817. The van der Waals surface area contributed by atoms with Crippen LogP contribution in [0.25, 0.3) is 17.1 Å². The van der Waals surface area contributed by atoms with Crippen LogP contribution < -0.4 is 0 Å². The van der Waals surface area contributed by atoms with E-state index >= 15 is 0 Å². The fourth-order valence-electron chi connectivity index (χ4n) is 2.89. The van der Waals surface area contributed by atoms with E-state index in [9.17, 15) is 0 Å². The second-order valence-electron chi connectivity index (χ2n) is 6.05. The van der Waals surface area contributed by atoms with Crippen LogP contribution in [0.15, 0.2) is 72.0 Å². The smallest absolute Gasteiger partial charge is 0.196 e. The zero-order valence-electron chi connectivity index (χ0n) is 14.7. The van der Waals surface area contributed by atoms with Crippen molar-refractivity contribution in [3.05, 3.63) is 78.1 Å². The maximum atomic E-state index is 4.49. The van der Waals surface area contributed by atoms with Gasteiger partial charge in [-0.2, -0.15) is 5.10 Å². The number of thioether (sulfide) groups is 1. The van der Waals surface area contributed by atoms with Crippen LogP contribution in [0.5, 0.6) is 0 Å². The Morgan fingerprint density at radius 2 is 1.62 bits per heavy atom. The zero-order chi connectivity index (χ0) is 17.9. The molecule has 4 aromatic rings. The predicted octanol–water partition coefficient (Wildman–Crippen LogP) is 4.27. The molecule has 0 atom stereocenters. The Bertz CT molecular complexity index is 1010. The molecule has 0 spiro atoms. The maximum Gasteiger partial charge on any atom is 0.196 e. The highest BCUT2D eigenvalue weighted by molar-refractivity contribution is 7.98. The lowest BCUT2D eigenvalue weighted by atomic mass is 10.2. The first-order valence-corrected chi connectivity index (χ1v) is 9.39. The van der Waals surface area contributed by atoms with Crippen molar-refractivity contribution in [3.8, 4) is 17.1 Å². The van der Waals surface area contributed by atoms with Gasteiger partial charge in [-0.1, -0.05) is 60.3 Å². The third kappa shape index (κ3) is 3.28. The minimum absolute atomic E-state index is 0.817. The van der Waals surface area contributed by atoms with Crippen molar-refractivity contribution in [1.82, 2.24) is 24.5 Å². The van der Waals surface area contributed by atoms with Gasteiger partial charge in [0.1, 0.15) is 0 Å². The third-order valence-corrected chi connectivity index (χ3v) is 5.11. The molecule has 2 aromatic carbocycles. The van der Waals surface area contributed by atoms with Crippen molar-refractivity contribution in [2.24, 2.45) is 7.05 Å². The number of benzene rings is 2. The average molecular weight is 361 g/mol. The Balaban J connectivity index is 1.76. The van der Waals surface area contributed by atoms with Gasteiger partial charge in [-0.05, 0) is 24.6 Å². The molecule has 2 aromatic heterocycles. The standard InChI is InChI=1S/C20H19N5S/c1-15-18(13-24(2)23-15)19-21-22-20(25(19)17-11-7-4-8-12-17)26-14-16-9-5-3-6-10-16/h3-13H,14H2,1-2H3. The molecule has 0 saturated carbocycles. The molecule has 0 fully saturated rings. The first-order chi connectivity index (χ1) is 12.7. The fraction of sp³-hybridized carbons (Fsp3) is 0.150. The summed E-state index contributed by atoms with van der Waals surface area (Å²) in [6.07, 6.45) is 1.99. The van der Waals surface area contributed by atoms with Crippen LogP contribution in [0.2, 0.25) is 0 Å². The lowest BCUT2D eigenvalue weighted by Crippen LogP contribution is -2.00. The molecule has 2 heterocycles. The topological polar surface area (TPSA) is 48.5 Å². The summed E-state index contributed by atoms with van der Waals surface area (Å²) >= 11 is 1.69. The van der Waals surface area contributed by atoms with E-state index < -0.39 is 0 Å². The average Bonchev–Trinajstić information content (AvgIpc) is 3.23. The third-order valence-electron chi connectivity index (χ3n) is 4.11. The Morgan fingerprint density at radius 1 is 0.923 bits per heavy atom. The second kappa shape index (κ2) is 7.17. The quantitative estimate of drug-likeness (QED) is 0.498. The zero-order valence-corrected chi connectivity index (χ0v) is 15.5. The monoisotopic (exact) mass is 361 g/mol. The van der Waals surface area contributed by atoms with Crippen molar-refractivity contribution in [2.45, 2.75) is 17.8 Å². The first kappa shape index (κ1) is 16.6. The van der Waals surface area contributed by atoms with Gasteiger partial charge in [-0.25, -0.2) is 0 Å². The van der Waals surface area contributed by atoms with E-state index in [0.29, 0.717) is 0 Å². The molecule has 0 N–H and O–H groups in total. The highest BCUT2D eigenvalue weighted by Gasteiger charge is 2.19. The number of rotatable bonds is 5. The summed E-state index contributed by atoms with van der Waals surface area (Å²) < 4.78 is 3.92. The molecule has 0 aliphatic heterocycles. The van der Waals surface area contributed by atoms with E-state index in [4.69, 9.17) is 0 Å². The predicted molar refractivity (Wildman–Crippen MR) is 104 cm³/mol. The van der Waals surface area contributed by atoms with Crippen LogP contribution >= 0.6 is 11.8 Å². The van der Waals surface area contributed by atoms with E-state index in [0.717, 1.165) is 33.7 Å². The minimum Gasteiger partial charge on any atom is -0.275 e. The Morgan fingerprint density at radius 3 is 2.27 bits per heavy atom. The van der Waals surface area contributed by atoms with Crippen molar-refractivity contribution in [3.63, 3.8) is 0 Å². The molecule has 26 heavy (non-hydrogen) atoms. The van der Waals surface area contributed by atoms with E-state index in [2.05, 4.69) is 56.3 Å². The summed E-state index contributed by atoms with van der Waals surface area (Å²) in [5.41, 5.74) is 4.25. The van der Waals surface area contributed by atoms with E-state index in [-0.39, 0.29) is 0 Å². The highest BCUT2D eigenvalue weighted by atomic mass is 32.2. The van der Waals surface area contributed by atoms with Gasteiger partial charge in [0.25, 0.3) is 0 Å². The van der Waals surface area contributed by atoms with Crippen LogP contribution in [0, 0.1) is 6.92 Å². The lowest BCUT2D eigenvalue weighted by molar-refractivity contribution is 0.756. The van der Waals surface area contributed by atoms with Gasteiger partial charge in [-0.3, -0.25) is 9.25 Å². The SMILES string of the molecule is Cc1nn(C)cc1-c1nnc(SCc2ccccc2)n1-c1ccccc1. The Kier molecular flexibility index (Phi) is 4.58. The maximum absolute atomic E-state index is 4.49. The number of aryl methyl sites for hydroxylation is 2. The highest BCUT2D eigenvalue weighted by Crippen LogP contribution is 2.30. The van der Waals surface area contributed by atoms with Gasteiger partial charge < -0.3 is 0 Å². The van der Waals surface area contributed by atoms with Crippen LogP contribution in [0.1, 0.15) is 11.3 Å². The summed E-state index contributed by atoms with van der Waals surface area (Å²) in [6.45, 7) is 2.00. The molecule has 0 saturated heterocycles. The summed E-state index contributed by atoms with van der Waals surface area (Å²) in [5, 5.41) is 14.3. The Labute approximate surface area is 156 Å². The van der Waals surface area contributed by atoms with E-state index in [1.165, 1.54) is 5.56 Å². The van der Waals surface area contributed by atoms with Gasteiger partial charge in [0, 0.05) is 24.7 Å². The van der Waals surface area contributed by atoms with Gasteiger partial charge >= 0.3 is 0 Å². The number of nitrogens with zero attached hydrogens (tertiary/aromatic N) is 5. The summed E-state index contributed by atoms with van der Waals surface area (Å²) in [6, 6.07) is 20.6. The van der Waals surface area contributed by atoms with Crippen LogP contribution in [0.3, 0.4) is 0 Å². The molecule has 0 amide bonds. The van der Waals surface area contributed by atoms with Crippen molar-refractivity contribution in [1.29, 1.82) is 0 Å². The molecule has 0 unspecified atom stereocenters. The first-order valence-electron chi connectivity index (χ1n) is 8.40. The number of aromatic nitrogens is 5. The molecular weight excluding hydrogens is 342 g/mol. The summed E-state index contributed by atoms with van der Waals surface area (Å²) in [7, 11) is 1.92. The van der Waals surface area contributed by atoms with Crippen molar-refractivity contribution < 1.29 is 0 Å². The van der Waals surface area contributed by atoms with Crippen LogP contribution in [-0.4, -0.2) is 24.5 Å². The lowest BCUT2D eigenvalue weighted by Gasteiger charge is -2.09. The summed E-state index contributed by atoms with van der Waals surface area (Å²) in [5.74, 6) is 1.66. The van der Waals surface area contributed by atoms with E-state index in [1.807, 2.05) is 49.1 Å². The number of hydrogen-bond acceptors (Lipinski definition) is 4. The molecule has 5 nitrogen and oxygen atoms in total. The van der Waals surface area contributed by atoms with Crippen LogP contribution in [0.4, 0.5) is 0 Å². The molecule has 4 rings (SSSR count). The molecule has 0 radical (unpaired) electrons. The Hall–Kier alpha value is -2.86. The number of hydrogen-bond donors (Lipinski definition) is 0. The van der Waals surface area contributed by atoms with Gasteiger partial charge in [0.2, 0.25) is 0 Å². The summed E-state index contributed by atoms with van der Waals surface area (Å²) in [4.78, 5) is 0. The van der Waals surface area contributed by atoms with Gasteiger partial charge in [0.05, 0.1) is 11.3 Å². The largest absolute Gasteiger partial charge is 0.275 e. The molecule has 0 aliphatic carbocycles. The van der Waals surface area contributed by atoms with Gasteiger partial charge in [-0.15, -0.1) is 10.2 Å². The molecule has 0 aliphatic rings. The number of para-hydroxylation sites is 1. The molecule has 6 heteroatoms. The van der Waals surface area contributed by atoms with E-state index in [1.54, 1.807) is 11.8 Å². The van der Waals surface area contributed by atoms with Crippen molar-refractivity contribution >= 4 is 11.8 Å². The van der Waals surface area contributed by atoms with Crippen LogP contribution in [-0.2, 0) is 12.8 Å². The molecule has 130 valence electrons. The molecule has 0 bridgehead atoms. The normalized spacial score (nSPS) is 11.0. The van der Waals surface area contributed by atoms with Crippen molar-refractivity contribution in [2.75, 3.05) is 0 Å². The fourth-order valence-corrected chi connectivity index (χ4v) is 3.80. The second-order valence-corrected chi connectivity index (χ2v) is 7.00. The molecular formula is C20H19N5S. The van der Waals surface area contributed by atoms with Gasteiger partial charge in [0.15, 0.2) is 11.0 Å².